The summed E-state index contributed by atoms with van der Waals surface area (Å²) in [7, 11) is -2.01. The minimum atomic E-state index is -4.60. The van der Waals surface area contributed by atoms with E-state index in [4.69, 9.17) is 25.8 Å². The Morgan fingerprint density at radius 3 is 2.55 bits per heavy atom. The molecule has 38 heavy (non-hydrogen) atoms. The fourth-order valence-electron chi connectivity index (χ4n) is 3.33. The number of sulfonamides is 1. The van der Waals surface area contributed by atoms with Crippen molar-refractivity contribution in [1.29, 1.82) is 0 Å². The Balaban J connectivity index is 1.67. The van der Waals surface area contributed by atoms with Gasteiger partial charge in [-0.15, -0.1) is 0 Å². The standard InChI is InChI=1S/C25H27ClF3N3O5S/c1-35-12-13-36-21-8-7-18(5-4-14-38(33,34)32-11-9-20-6-2-3-10-30-20)23(16-21)37-24-22(26)15-19(17-31-24)25(27,28)29/h2-3,6-8,10,15-17,32H,4-5,9,11-14H2,1H3. The van der Waals surface area contributed by atoms with Gasteiger partial charge in [0.15, 0.2) is 0 Å². The summed E-state index contributed by atoms with van der Waals surface area (Å²) in [6.07, 6.45) is -1.32. The quantitative estimate of drug-likeness (QED) is 0.269. The lowest BCUT2D eigenvalue weighted by Crippen LogP contribution is -2.28. The Bertz CT molecular complexity index is 1300. The van der Waals surface area contributed by atoms with Crippen LogP contribution in [0.1, 0.15) is 23.2 Å². The lowest BCUT2D eigenvalue weighted by molar-refractivity contribution is -0.137. The second-order valence-electron chi connectivity index (χ2n) is 8.11. The lowest BCUT2D eigenvalue weighted by atomic mass is 10.1. The number of halogens is 4. The molecule has 0 unspecified atom stereocenters. The molecule has 0 saturated heterocycles. The number of alkyl halides is 3. The van der Waals surface area contributed by atoms with E-state index in [2.05, 4.69) is 14.7 Å². The van der Waals surface area contributed by atoms with E-state index in [1.807, 2.05) is 12.1 Å². The molecule has 3 aromatic rings. The van der Waals surface area contributed by atoms with Crippen molar-refractivity contribution in [3.63, 3.8) is 0 Å². The van der Waals surface area contributed by atoms with Crippen LogP contribution in [0.4, 0.5) is 13.2 Å². The maximum absolute atomic E-state index is 13.0. The summed E-state index contributed by atoms with van der Waals surface area (Å²) in [6, 6.07) is 11.1. The summed E-state index contributed by atoms with van der Waals surface area (Å²) in [5.74, 6) is 0.293. The van der Waals surface area contributed by atoms with Crippen LogP contribution in [-0.4, -0.2) is 51.0 Å². The van der Waals surface area contributed by atoms with Crippen molar-refractivity contribution < 1.29 is 35.8 Å². The van der Waals surface area contributed by atoms with Gasteiger partial charge in [0.05, 0.1) is 17.9 Å². The first-order valence-corrected chi connectivity index (χ1v) is 13.6. The number of pyridine rings is 2. The summed E-state index contributed by atoms with van der Waals surface area (Å²) in [5.41, 5.74) is 0.373. The number of benzene rings is 1. The topological polar surface area (TPSA) is 99.6 Å². The highest BCUT2D eigenvalue weighted by atomic mass is 35.5. The molecule has 0 radical (unpaired) electrons. The van der Waals surface area contributed by atoms with Crippen LogP contribution in [0.2, 0.25) is 5.02 Å². The van der Waals surface area contributed by atoms with E-state index >= 15 is 0 Å². The van der Waals surface area contributed by atoms with Gasteiger partial charge in [-0.05, 0) is 42.7 Å². The number of ether oxygens (including phenoxy) is 3. The highest BCUT2D eigenvalue weighted by Crippen LogP contribution is 2.36. The summed E-state index contributed by atoms with van der Waals surface area (Å²) in [5, 5.41) is -0.323. The average Bonchev–Trinajstić information content (AvgIpc) is 2.86. The van der Waals surface area contributed by atoms with Gasteiger partial charge in [-0.1, -0.05) is 23.7 Å². The molecule has 0 atom stereocenters. The Morgan fingerprint density at radius 2 is 1.87 bits per heavy atom. The second-order valence-corrected chi connectivity index (χ2v) is 10.4. The van der Waals surface area contributed by atoms with Gasteiger partial charge in [0.25, 0.3) is 0 Å². The Labute approximate surface area is 224 Å². The van der Waals surface area contributed by atoms with E-state index < -0.39 is 21.8 Å². The zero-order valence-corrected chi connectivity index (χ0v) is 22.1. The highest BCUT2D eigenvalue weighted by Gasteiger charge is 2.32. The van der Waals surface area contributed by atoms with Crippen LogP contribution in [0.25, 0.3) is 0 Å². The maximum atomic E-state index is 13.0. The fourth-order valence-corrected chi connectivity index (χ4v) is 4.62. The first-order valence-electron chi connectivity index (χ1n) is 11.6. The van der Waals surface area contributed by atoms with E-state index in [0.29, 0.717) is 37.0 Å². The number of aromatic nitrogens is 2. The van der Waals surface area contributed by atoms with Crippen LogP contribution in [-0.2, 0) is 33.8 Å². The molecule has 0 aliphatic carbocycles. The number of methoxy groups -OCH3 is 1. The largest absolute Gasteiger partial charge is 0.491 e. The minimum absolute atomic E-state index is 0.139. The van der Waals surface area contributed by atoms with Crippen molar-refractivity contribution in [2.45, 2.75) is 25.4 Å². The van der Waals surface area contributed by atoms with E-state index in [1.54, 1.807) is 30.5 Å². The summed E-state index contributed by atoms with van der Waals surface area (Å²) in [6.45, 7) is 0.825. The molecule has 0 bridgehead atoms. The number of hydrogen-bond acceptors (Lipinski definition) is 7. The first-order chi connectivity index (χ1) is 18.1. The molecule has 0 fully saturated rings. The molecule has 1 aromatic carbocycles. The number of aryl methyl sites for hydroxylation is 1. The van der Waals surface area contributed by atoms with Gasteiger partial charge in [-0.25, -0.2) is 18.1 Å². The third-order valence-electron chi connectivity index (χ3n) is 5.22. The predicted octanol–water partition coefficient (Wildman–Crippen LogP) is 5.06. The molecular weight excluding hydrogens is 547 g/mol. The second kappa shape index (κ2) is 13.7. The maximum Gasteiger partial charge on any atom is 0.417 e. The first kappa shape index (κ1) is 29.6. The van der Waals surface area contributed by atoms with Gasteiger partial charge in [-0.2, -0.15) is 13.2 Å². The van der Waals surface area contributed by atoms with Crippen LogP contribution in [0.3, 0.4) is 0 Å². The molecule has 1 N–H and O–H groups in total. The van der Waals surface area contributed by atoms with Gasteiger partial charge in [0.1, 0.15) is 23.1 Å². The summed E-state index contributed by atoms with van der Waals surface area (Å²) < 4.78 is 82.6. The molecule has 2 heterocycles. The SMILES string of the molecule is COCCOc1ccc(CCCS(=O)(=O)NCCc2ccccn2)c(Oc2ncc(C(F)(F)F)cc2Cl)c1. The van der Waals surface area contributed by atoms with Crippen LogP contribution in [0.15, 0.2) is 54.9 Å². The molecule has 3 rings (SSSR count). The average molecular weight is 574 g/mol. The highest BCUT2D eigenvalue weighted by molar-refractivity contribution is 7.89. The predicted molar refractivity (Wildman–Crippen MR) is 136 cm³/mol. The fraction of sp³-hybridized carbons (Fsp3) is 0.360. The number of nitrogens with one attached hydrogen (secondary N) is 1. The molecule has 0 aliphatic heterocycles. The Kier molecular flexibility index (Phi) is 10.7. The molecule has 2 aromatic heterocycles. The van der Waals surface area contributed by atoms with Crippen molar-refractivity contribution in [2.24, 2.45) is 0 Å². The van der Waals surface area contributed by atoms with E-state index in [-0.39, 0.29) is 42.0 Å². The number of nitrogens with zero attached hydrogens (tertiary/aromatic N) is 2. The monoisotopic (exact) mass is 573 g/mol. The molecular formula is C25H27ClF3N3O5S. The van der Waals surface area contributed by atoms with Crippen molar-refractivity contribution >= 4 is 21.6 Å². The molecule has 0 aliphatic rings. The smallest absolute Gasteiger partial charge is 0.417 e. The van der Waals surface area contributed by atoms with Crippen LogP contribution >= 0.6 is 11.6 Å². The van der Waals surface area contributed by atoms with Crippen LogP contribution < -0.4 is 14.2 Å². The van der Waals surface area contributed by atoms with Gasteiger partial charge >= 0.3 is 6.18 Å². The van der Waals surface area contributed by atoms with Gasteiger partial charge < -0.3 is 14.2 Å². The van der Waals surface area contributed by atoms with Crippen molar-refractivity contribution in [3.05, 3.63) is 76.7 Å². The van der Waals surface area contributed by atoms with Crippen molar-refractivity contribution in [2.75, 3.05) is 32.6 Å². The Hall–Kier alpha value is -2.93. The minimum Gasteiger partial charge on any atom is -0.491 e. The van der Waals surface area contributed by atoms with Gasteiger partial charge in [0.2, 0.25) is 15.9 Å². The van der Waals surface area contributed by atoms with Crippen LogP contribution in [0.5, 0.6) is 17.4 Å². The normalized spacial score (nSPS) is 11.9. The van der Waals surface area contributed by atoms with E-state index in [1.165, 1.54) is 7.11 Å². The van der Waals surface area contributed by atoms with Crippen molar-refractivity contribution in [3.8, 4) is 17.4 Å². The molecule has 13 heteroatoms. The van der Waals surface area contributed by atoms with Crippen molar-refractivity contribution in [1.82, 2.24) is 14.7 Å². The van der Waals surface area contributed by atoms with Gasteiger partial charge in [0, 0.05) is 44.2 Å². The lowest BCUT2D eigenvalue weighted by Gasteiger charge is -2.15. The Morgan fingerprint density at radius 1 is 1.05 bits per heavy atom. The molecule has 206 valence electrons. The molecule has 8 nitrogen and oxygen atoms in total. The van der Waals surface area contributed by atoms with Crippen LogP contribution in [0, 0.1) is 0 Å². The number of hydrogen-bond donors (Lipinski definition) is 1. The van der Waals surface area contributed by atoms with Gasteiger partial charge in [-0.3, -0.25) is 4.98 Å². The number of rotatable bonds is 14. The zero-order valence-electron chi connectivity index (χ0n) is 20.5. The molecule has 0 spiro atoms. The zero-order chi connectivity index (χ0) is 27.6. The summed E-state index contributed by atoms with van der Waals surface area (Å²) >= 11 is 6.01. The van der Waals surface area contributed by atoms with E-state index in [9.17, 15) is 21.6 Å². The third kappa shape index (κ3) is 9.43. The molecule has 0 amide bonds. The van der Waals surface area contributed by atoms with E-state index in [0.717, 1.165) is 11.8 Å². The molecule has 0 saturated carbocycles. The summed E-state index contributed by atoms with van der Waals surface area (Å²) in [4.78, 5) is 7.88. The third-order valence-corrected chi connectivity index (χ3v) is 6.97.